The molecule has 0 N–H and O–H groups in total. The quantitative estimate of drug-likeness (QED) is 0.734. The summed E-state index contributed by atoms with van der Waals surface area (Å²) in [5.41, 5.74) is 0.714. The lowest BCUT2D eigenvalue weighted by molar-refractivity contribution is 0.455. The highest BCUT2D eigenvalue weighted by atomic mass is 35.5. The summed E-state index contributed by atoms with van der Waals surface area (Å²) in [6.07, 6.45) is 3.18. The Morgan fingerprint density at radius 3 is 2.52 bits per heavy atom. The number of hydrogen-bond donors (Lipinski definition) is 0. The number of halogens is 1. The summed E-state index contributed by atoms with van der Waals surface area (Å²) >= 11 is 5.82. The number of hydrogen-bond acceptors (Lipinski definition) is 6. The van der Waals surface area contributed by atoms with E-state index in [1.165, 1.54) is 0 Å². The molecule has 0 aliphatic carbocycles. The molecule has 6 nitrogen and oxygen atoms in total. The molecule has 0 radical (unpaired) electrons. The molecule has 1 aromatic carbocycles. The van der Waals surface area contributed by atoms with Gasteiger partial charge in [-0.2, -0.15) is 0 Å². The maximum absolute atomic E-state index is 12.1. The minimum atomic E-state index is -1.48. The first-order valence-corrected chi connectivity index (χ1v) is 7.66. The molecule has 0 aliphatic rings. The molecule has 2 heterocycles. The third kappa shape index (κ3) is 3.32. The highest BCUT2D eigenvalue weighted by Gasteiger charge is 2.16. The van der Waals surface area contributed by atoms with E-state index in [1.807, 2.05) is 0 Å². The summed E-state index contributed by atoms with van der Waals surface area (Å²) in [6, 6.07) is 8.63. The van der Waals surface area contributed by atoms with Crippen LogP contribution in [0.3, 0.4) is 0 Å². The van der Waals surface area contributed by atoms with Gasteiger partial charge < -0.3 is 4.42 Å². The number of aromatic nitrogens is 4. The minimum absolute atomic E-state index is 0.0485. The fourth-order valence-corrected chi connectivity index (χ4v) is 2.53. The van der Waals surface area contributed by atoms with Crippen LogP contribution >= 0.6 is 11.6 Å². The second-order valence-electron chi connectivity index (χ2n) is 4.03. The zero-order chi connectivity index (χ0) is 14.7. The Balaban J connectivity index is 1.78. The third-order valence-electron chi connectivity index (χ3n) is 2.57. The van der Waals surface area contributed by atoms with Crippen LogP contribution in [0.4, 0.5) is 0 Å². The van der Waals surface area contributed by atoms with Crippen LogP contribution in [0, 0.1) is 0 Å². The SMILES string of the molecule is O=S(Cc1ncccn1)c1nnc(-c2ccc(Cl)cc2)o1. The molecule has 0 saturated carbocycles. The van der Waals surface area contributed by atoms with Gasteiger partial charge in [-0.3, -0.25) is 0 Å². The van der Waals surface area contributed by atoms with Crippen LogP contribution in [0.25, 0.3) is 11.5 Å². The molecule has 0 amide bonds. The fourth-order valence-electron chi connectivity index (χ4n) is 1.59. The molecule has 2 aromatic heterocycles. The van der Waals surface area contributed by atoms with Gasteiger partial charge in [0.1, 0.15) is 16.6 Å². The molecule has 0 bridgehead atoms. The Morgan fingerprint density at radius 1 is 1.10 bits per heavy atom. The van der Waals surface area contributed by atoms with E-state index in [0.29, 0.717) is 22.3 Å². The van der Waals surface area contributed by atoms with Crippen molar-refractivity contribution in [3.8, 4) is 11.5 Å². The highest BCUT2D eigenvalue weighted by Crippen LogP contribution is 2.21. The van der Waals surface area contributed by atoms with Gasteiger partial charge in [-0.1, -0.05) is 16.7 Å². The van der Waals surface area contributed by atoms with E-state index in [1.54, 1.807) is 42.7 Å². The van der Waals surface area contributed by atoms with Gasteiger partial charge in [-0.05, 0) is 30.3 Å². The van der Waals surface area contributed by atoms with Gasteiger partial charge >= 0.3 is 5.22 Å². The van der Waals surface area contributed by atoms with Crippen molar-refractivity contribution < 1.29 is 8.63 Å². The van der Waals surface area contributed by atoms with Gasteiger partial charge in [-0.15, -0.1) is 5.10 Å². The van der Waals surface area contributed by atoms with Crippen molar-refractivity contribution in [1.82, 2.24) is 20.2 Å². The average Bonchev–Trinajstić information content (AvgIpc) is 2.99. The maximum Gasteiger partial charge on any atom is 0.308 e. The Kier molecular flexibility index (Phi) is 4.03. The van der Waals surface area contributed by atoms with Gasteiger partial charge in [0.25, 0.3) is 0 Å². The van der Waals surface area contributed by atoms with E-state index in [-0.39, 0.29) is 11.0 Å². The lowest BCUT2D eigenvalue weighted by Gasteiger charge is -1.96. The zero-order valence-corrected chi connectivity index (χ0v) is 12.2. The molecule has 106 valence electrons. The second kappa shape index (κ2) is 6.11. The van der Waals surface area contributed by atoms with E-state index in [2.05, 4.69) is 20.2 Å². The van der Waals surface area contributed by atoms with Crippen LogP contribution in [0.15, 0.2) is 52.4 Å². The summed E-state index contributed by atoms with van der Waals surface area (Å²) in [5.74, 6) is 0.884. The molecule has 0 aliphatic heterocycles. The maximum atomic E-state index is 12.1. The van der Waals surface area contributed by atoms with Gasteiger partial charge in [0.2, 0.25) is 5.89 Å². The smallest absolute Gasteiger partial charge is 0.308 e. The summed E-state index contributed by atoms with van der Waals surface area (Å²) < 4.78 is 17.5. The Bertz CT molecular complexity index is 761. The van der Waals surface area contributed by atoms with Crippen LogP contribution in [-0.4, -0.2) is 24.4 Å². The Labute approximate surface area is 127 Å². The number of nitrogens with zero attached hydrogens (tertiary/aromatic N) is 4. The predicted octanol–water partition coefficient (Wildman–Crippen LogP) is 2.49. The van der Waals surface area contributed by atoms with Crippen molar-refractivity contribution in [2.75, 3.05) is 0 Å². The van der Waals surface area contributed by atoms with Crippen molar-refractivity contribution in [2.45, 2.75) is 11.0 Å². The molecule has 21 heavy (non-hydrogen) atoms. The van der Waals surface area contributed by atoms with E-state index in [9.17, 15) is 4.21 Å². The fraction of sp³-hybridized carbons (Fsp3) is 0.0769. The van der Waals surface area contributed by atoms with Crippen LogP contribution in [0.2, 0.25) is 5.02 Å². The van der Waals surface area contributed by atoms with Crippen LogP contribution in [-0.2, 0) is 16.6 Å². The van der Waals surface area contributed by atoms with Crippen LogP contribution in [0.5, 0.6) is 0 Å². The molecule has 3 aromatic rings. The van der Waals surface area contributed by atoms with E-state index in [0.717, 1.165) is 0 Å². The predicted molar refractivity (Wildman–Crippen MR) is 76.9 cm³/mol. The molecule has 1 atom stereocenters. The van der Waals surface area contributed by atoms with Gasteiger partial charge in [-0.25, -0.2) is 14.2 Å². The first kappa shape index (κ1) is 13.8. The van der Waals surface area contributed by atoms with Gasteiger partial charge in [0, 0.05) is 23.0 Å². The first-order chi connectivity index (χ1) is 10.2. The molecule has 0 saturated heterocycles. The summed E-state index contributed by atoms with van der Waals surface area (Å²) in [5, 5.41) is 8.35. The van der Waals surface area contributed by atoms with E-state index in [4.69, 9.17) is 16.0 Å². The molecular weight excluding hydrogens is 312 g/mol. The monoisotopic (exact) mass is 320 g/mol. The molecule has 0 spiro atoms. The molecular formula is C13H9ClN4O2S. The van der Waals surface area contributed by atoms with Crippen molar-refractivity contribution in [3.63, 3.8) is 0 Å². The van der Waals surface area contributed by atoms with Gasteiger partial charge in [0.15, 0.2) is 0 Å². The molecule has 3 rings (SSSR count). The highest BCUT2D eigenvalue weighted by molar-refractivity contribution is 7.83. The van der Waals surface area contributed by atoms with Crippen molar-refractivity contribution in [3.05, 3.63) is 53.6 Å². The average molecular weight is 321 g/mol. The Hall–Kier alpha value is -2.12. The van der Waals surface area contributed by atoms with Crippen LogP contribution < -0.4 is 0 Å². The lowest BCUT2D eigenvalue weighted by Crippen LogP contribution is -2.01. The van der Waals surface area contributed by atoms with E-state index >= 15 is 0 Å². The molecule has 8 heteroatoms. The first-order valence-electron chi connectivity index (χ1n) is 5.96. The lowest BCUT2D eigenvalue weighted by atomic mass is 10.2. The topological polar surface area (TPSA) is 81.8 Å². The normalized spacial score (nSPS) is 12.2. The zero-order valence-electron chi connectivity index (χ0n) is 10.6. The number of benzene rings is 1. The third-order valence-corrected chi connectivity index (χ3v) is 3.90. The van der Waals surface area contributed by atoms with Crippen molar-refractivity contribution in [1.29, 1.82) is 0 Å². The summed E-state index contributed by atoms with van der Waals surface area (Å²) in [6.45, 7) is 0. The standard InChI is InChI=1S/C13H9ClN4O2S/c14-10-4-2-9(3-5-10)12-17-18-13(20-12)21(19)8-11-15-6-1-7-16-11/h1-7H,8H2. The van der Waals surface area contributed by atoms with Crippen molar-refractivity contribution in [2.24, 2.45) is 0 Å². The minimum Gasteiger partial charge on any atom is -0.409 e. The largest absolute Gasteiger partial charge is 0.409 e. The summed E-state index contributed by atoms with van der Waals surface area (Å²) in [4.78, 5) is 8.02. The van der Waals surface area contributed by atoms with Crippen molar-refractivity contribution >= 4 is 22.4 Å². The molecule has 1 unspecified atom stereocenters. The Morgan fingerprint density at radius 2 is 1.81 bits per heavy atom. The van der Waals surface area contributed by atoms with Gasteiger partial charge in [0.05, 0.1) is 5.75 Å². The second-order valence-corrected chi connectivity index (χ2v) is 5.80. The molecule has 0 fully saturated rings. The van der Waals surface area contributed by atoms with Crippen LogP contribution in [0.1, 0.15) is 5.82 Å². The number of rotatable bonds is 4. The van der Waals surface area contributed by atoms with E-state index < -0.39 is 10.8 Å². The summed E-state index contributed by atoms with van der Waals surface area (Å²) in [7, 11) is -1.48.